The third-order valence-corrected chi connectivity index (χ3v) is 3.97. The Kier molecular flexibility index (Phi) is 3.86. The minimum atomic E-state index is -0.0936. The van der Waals surface area contributed by atoms with Crippen molar-refractivity contribution in [2.24, 2.45) is 0 Å². The molecule has 102 valence electrons. The highest BCUT2D eigenvalue weighted by Gasteiger charge is 2.23. The van der Waals surface area contributed by atoms with Crippen molar-refractivity contribution in [3.05, 3.63) is 70.2 Å². The Balaban J connectivity index is 1.70. The number of ketones is 1. The van der Waals surface area contributed by atoms with Crippen molar-refractivity contribution < 1.29 is 4.79 Å². The summed E-state index contributed by atoms with van der Waals surface area (Å²) in [7, 11) is 0. The van der Waals surface area contributed by atoms with Crippen LogP contribution >= 0.6 is 11.6 Å². The molecule has 1 aliphatic rings. The number of carbonyl (C=O) groups excluding carboxylic acids is 1. The van der Waals surface area contributed by atoms with E-state index in [0.29, 0.717) is 11.4 Å². The van der Waals surface area contributed by atoms with Crippen LogP contribution in [-0.2, 0) is 24.2 Å². The predicted octanol–water partition coefficient (Wildman–Crippen LogP) is 3.17. The molecule has 1 atom stereocenters. The van der Waals surface area contributed by atoms with E-state index >= 15 is 0 Å². The summed E-state index contributed by atoms with van der Waals surface area (Å²) in [4.78, 5) is 12.4. The predicted molar refractivity (Wildman–Crippen MR) is 80.9 cm³/mol. The first-order valence-electron chi connectivity index (χ1n) is 6.80. The highest BCUT2D eigenvalue weighted by atomic mass is 35.5. The van der Waals surface area contributed by atoms with Crippen LogP contribution in [0.1, 0.15) is 16.7 Å². The number of nitrogens with one attached hydrogen (secondary N) is 1. The van der Waals surface area contributed by atoms with Gasteiger partial charge in [-0.3, -0.25) is 4.79 Å². The van der Waals surface area contributed by atoms with Gasteiger partial charge in [0.05, 0.1) is 6.04 Å². The Labute approximate surface area is 123 Å². The zero-order valence-electron chi connectivity index (χ0n) is 11.1. The molecule has 0 saturated heterocycles. The number of hydrogen-bond donors (Lipinski definition) is 1. The van der Waals surface area contributed by atoms with E-state index in [1.54, 1.807) is 0 Å². The lowest BCUT2D eigenvalue weighted by atomic mass is 9.91. The molecule has 0 radical (unpaired) electrons. The third-order valence-electron chi connectivity index (χ3n) is 3.74. The van der Waals surface area contributed by atoms with Gasteiger partial charge in [0.25, 0.3) is 0 Å². The topological polar surface area (TPSA) is 29.1 Å². The van der Waals surface area contributed by atoms with Crippen molar-refractivity contribution in [2.45, 2.75) is 25.4 Å². The highest BCUT2D eigenvalue weighted by molar-refractivity contribution is 6.30. The Morgan fingerprint density at radius 1 is 1.15 bits per heavy atom. The first kappa shape index (κ1) is 13.3. The van der Waals surface area contributed by atoms with Crippen molar-refractivity contribution in [1.29, 1.82) is 0 Å². The summed E-state index contributed by atoms with van der Waals surface area (Å²) in [5, 5.41) is 4.01. The third kappa shape index (κ3) is 2.92. The van der Waals surface area contributed by atoms with Gasteiger partial charge in [0.15, 0.2) is 5.78 Å². The zero-order chi connectivity index (χ0) is 13.9. The maximum absolute atomic E-state index is 12.4. The summed E-state index contributed by atoms with van der Waals surface area (Å²) in [5.74, 6) is 0.224. The molecular weight excluding hydrogens is 270 g/mol. The van der Waals surface area contributed by atoms with Crippen LogP contribution in [0.5, 0.6) is 0 Å². The molecule has 2 aromatic rings. The SMILES string of the molecule is O=C(Cc1cccc(Cl)c1)C1Cc2ccccc2CN1. The second-order valence-corrected chi connectivity index (χ2v) is 5.62. The molecule has 1 unspecified atom stereocenters. The lowest BCUT2D eigenvalue weighted by Crippen LogP contribution is -2.42. The molecule has 2 aromatic carbocycles. The van der Waals surface area contributed by atoms with E-state index in [4.69, 9.17) is 11.6 Å². The smallest absolute Gasteiger partial charge is 0.154 e. The molecule has 0 aromatic heterocycles. The van der Waals surface area contributed by atoms with Crippen LogP contribution in [0.4, 0.5) is 0 Å². The van der Waals surface area contributed by atoms with Gasteiger partial charge in [-0.1, -0.05) is 48.0 Å². The standard InChI is InChI=1S/C17H16ClNO/c18-15-7-3-4-12(8-15)9-17(20)16-10-13-5-1-2-6-14(13)11-19-16/h1-8,16,19H,9-11H2. The van der Waals surface area contributed by atoms with Gasteiger partial charge >= 0.3 is 0 Å². The van der Waals surface area contributed by atoms with Crippen molar-refractivity contribution in [2.75, 3.05) is 0 Å². The van der Waals surface area contributed by atoms with Gasteiger partial charge in [0.2, 0.25) is 0 Å². The number of fused-ring (bicyclic) bond motifs is 1. The summed E-state index contributed by atoms with van der Waals surface area (Å²) >= 11 is 5.95. The quantitative estimate of drug-likeness (QED) is 0.938. The maximum atomic E-state index is 12.4. The molecule has 20 heavy (non-hydrogen) atoms. The van der Waals surface area contributed by atoms with Crippen LogP contribution in [-0.4, -0.2) is 11.8 Å². The first-order chi connectivity index (χ1) is 9.72. The summed E-state index contributed by atoms with van der Waals surface area (Å²) in [6, 6.07) is 15.7. The van der Waals surface area contributed by atoms with Crippen LogP contribution in [0.25, 0.3) is 0 Å². The van der Waals surface area contributed by atoms with Crippen molar-refractivity contribution in [1.82, 2.24) is 5.32 Å². The summed E-state index contributed by atoms with van der Waals surface area (Å²) < 4.78 is 0. The monoisotopic (exact) mass is 285 g/mol. The van der Waals surface area contributed by atoms with Crippen LogP contribution in [0.2, 0.25) is 5.02 Å². The Morgan fingerprint density at radius 2 is 1.95 bits per heavy atom. The molecule has 0 spiro atoms. The molecule has 1 aliphatic heterocycles. The molecule has 0 saturated carbocycles. The fourth-order valence-electron chi connectivity index (χ4n) is 2.65. The van der Waals surface area contributed by atoms with Gasteiger partial charge in [-0.05, 0) is 35.2 Å². The fourth-order valence-corrected chi connectivity index (χ4v) is 2.87. The maximum Gasteiger partial charge on any atom is 0.154 e. The van der Waals surface area contributed by atoms with Crippen molar-refractivity contribution >= 4 is 17.4 Å². The van der Waals surface area contributed by atoms with Gasteiger partial charge in [0.1, 0.15) is 0 Å². The largest absolute Gasteiger partial charge is 0.303 e. The summed E-state index contributed by atoms with van der Waals surface area (Å²) in [6.07, 6.45) is 1.20. The van der Waals surface area contributed by atoms with Crippen LogP contribution < -0.4 is 5.32 Å². The molecular formula is C17H16ClNO. The van der Waals surface area contributed by atoms with E-state index in [9.17, 15) is 4.79 Å². The fraction of sp³-hybridized carbons (Fsp3) is 0.235. The molecule has 1 heterocycles. The Morgan fingerprint density at radius 3 is 2.75 bits per heavy atom. The average molecular weight is 286 g/mol. The molecule has 3 heteroatoms. The van der Waals surface area contributed by atoms with E-state index < -0.39 is 0 Å². The number of halogens is 1. The van der Waals surface area contributed by atoms with E-state index in [1.165, 1.54) is 11.1 Å². The molecule has 3 rings (SSSR count). The number of rotatable bonds is 3. The van der Waals surface area contributed by atoms with E-state index in [-0.39, 0.29) is 11.8 Å². The second-order valence-electron chi connectivity index (χ2n) is 5.18. The second kappa shape index (κ2) is 5.78. The van der Waals surface area contributed by atoms with Crippen LogP contribution in [0.3, 0.4) is 0 Å². The number of Topliss-reactive ketones (excluding diaryl/α,β-unsaturated/α-hetero) is 1. The van der Waals surface area contributed by atoms with Gasteiger partial charge in [-0.25, -0.2) is 0 Å². The molecule has 0 amide bonds. The van der Waals surface area contributed by atoms with E-state index in [2.05, 4.69) is 17.4 Å². The lowest BCUT2D eigenvalue weighted by molar-refractivity contribution is -0.120. The zero-order valence-corrected chi connectivity index (χ0v) is 11.9. The summed E-state index contributed by atoms with van der Waals surface area (Å²) in [5.41, 5.74) is 3.54. The minimum Gasteiger partial charge on any atom is -0.303 e. The number of hydrogen-bond acceptors (Lipinski definition) is 2. The van der Waals surface area contributed by atoms with Gasteiger partial charge < -0.3 is 5.32 Å². The Hall–Kier alpha value is -1.64. The molecule has 2 nitrogen and oxygen atoms in total. The van der Waals surface area contributed by atoms with Crippen LogP contribution in [0, 0.1) is 0 Å². The molecule has 1 N–H and O–H groups in total. The van der Waals surface area contributed by atoms with Gasteiger partial charge in [0, 0.05) is 18.0 Å². The molecule has 0 aliphatic carbocycles. The molecule has 0 bridgehead atoms. The van der Waals surface area contributed by atoms with Crippen molar-refractivity contribution in [3.8, 4) is 0 Å². The van der Waals surface area contributed by atoms with Gasteiger partial charge in [-0.2, -0.15) is 0 Å². The minimum absolute atomic E-state index is 0.0936. The number of carbonyl (C=O) groups is 1. The van der Waals surface area contributed by atoms with Gasteiger partial charge in [-0.15, -0.1) is 0 Å². The summed E-state index contributed by atoms with van der Waals surface area (Å²) in [6.45, 7) is 0.766. The Bertz CT molecular complexity index is 638. The lowest BCUT2D eigenvalue weighted by Gasteiger charge is -2.25. The van der Waals surface area contributed by atoms with E-state index in [1.807, 2.05) is 36.4 Å². The first-order valence-corrected chi connectivity index (χ1v) is 7.17. The molecule has 0 fully saturated rings. The van der Waals surface area contributed by atoms with Crippen LogP contribution in [0.15, 0.2) is 48.5 Å². The number of benzene rings is 2. The van der Waals surface area contributed by atoms with E-state index in [0.717, 1.165) is 18.5 Å². The average Bonchev–Trinajstić information content (AvgIpc) is 2.47. The highest BCUT2D eigenvalue weighted by Crippen LogP contribution is 2.18. The van der Waals surface area contributed by atoms with Crippen molar-refractivity contribution in [3.63, 3.8) is 0 Å². The normalized spacial score (nSPS) is 17.6.